The molecule has 0 aliphatic rings. The Bertz CT molecular complexity index is 745. The second-order valence-corrected chi connectivity index (χ2v) is 5.35. The lowest BCUT2D eigenvalue weighted by molar-refractivity contribution is 0.643. The smallest absolute Gasteiger partial charge is 0.0705 e. The predicted octanol–water partition coefficient (Wildman–Crippen LogP) is 2.61. The summed E-state index contributed by atoms with van der Waals surface area (Å²) in [6.07, 6.45) is 2.83. The number of hydrogen-bond donors (Lipinski definition) is 1. The summed E-state index contributed by atoms with van der Waals surface area (Å²) in [4.78, 5) is 4.53. The van der Waals surface area contributed by atoms with Gasteiger partial charge in [0, 0.05) is 49.5 Å². The van der Waals surface area contributed by atoms with E-state index in [9.17, 15) is 0 Å². The fourth-order valence-electron chi connectivity index (χ4n) is 2.48. The molecule has 21 heavy (non-hydrogen) atoms. The maximum absolute atomic E-state index is 4.53. The van der Waals surface area contributed by atoms with E-state index in [1.807, 2.05) is 24.9 Å². The van der Waals surface area contributed by atoms with Crippen LogP contribution in [0.4, 0.5) is 0 Å². The lowest BCUT2D eigenvalue weighted by atomic mass is 10.1. The quantitative estimate of drug-likeness (QED) is 0.731. The third-order valence-electron chi connectivity index (χ3n) is 3.70. The molecule has 108 valence electrons. The molecule has 0 unspecified atom stereocenters. The summed E-state index contributed by atoms with van der Waals surface area (Å²) < 4.78 is 1.92. The molecule has 0 bridgehead atoms. The van der Waals surface area contributed by atoms with E-state index >= 15 is 0 Å². The first-order chi connectivity index (χ1) is 10.2. The Balaban J connectivity index is 1.58. The molecule has 0 saturated carbocycles. The maximum atomic E-state index is 4.53. The Labute approximate surface area is 124 Å². The molecule has 3 rings (SSSR count). The van der Waals surface area contributed by atoms with E-state index in [0.717, 1.165) is 30.7 Å². The Morgan fingerprint density at radius 2 is 2.05 bits per heavy atom. The molecule has 4 nitrogen and oxygen atoms in total. The molecule has 0 atom stereocenters. The van der Waals surface area contributed by atoms with Gasteiger partial charge in [0.05, 0.1) is 5.52 Å². The number of benzene rings is 1. The van der Waals surface area contributed by atoms with Gasteiger partial charge in [0.25, 0.3) is 0 Å². The fraction of sp³-hybridized carbons (Fsp3) is 0.294. The van der Waals surface area contributed by atoms with Crippen molar-refractivity contribution in [2.45, 2.75) is 19.9 Å². The van der Waals surface area contributed by atoms with Gasteiger partial charge in [-0.2, -0.15) is 5.10 Å². The van der Waals surface area contributed by atoms with E-state index in [-0.39, 0.29) is 0 Å². The summed E-state index contributed by atoms with van der Waals surface area (Å²) in [5.74, 6) is 0. The van der Waals surface area contributed by atoms with E-state index < -0.39 is 0 Å². The molecular formula is C17H20N4. The number of pyridine rings is 1. The van der Waals surface area contributed by atoms with Crippen molar-refractivity contribution in [2.24, 2.45) is 7.05 Å². The minimum atomic E-state index is 0.877. The summed E-state index contributed by atoms with van der Waals surface area (Å²) in [5.41, 5.74) is 4.66. The molecule has 0 aliphatic heterocycles. The minimum Gasteiger partial charge on any atom is -0.312 e. The highest BCUT2D eigenvalue weighted by molar-refractivity contribution is 5.79. The van der Waals surface area contributed by atoms with Gasteiger partial charge in [0.1, 0.15) is 0 Å². The second kappa shape index (κ2) is 6.06. The van der Waals surface area contributed by atoms with Crippen molar-refractivity contribution in [3.05, 3.63) is 59.5 Å². The van der Waals surface area contributed by atoms with Crippen LogP contribution in [0, 0.1) is 6.92 Å². The van der Waals surface area contributed by atoms with Gasteiger partial charge < -0.3 is 5.32 Å². The van der Waals surface area contributed by atoms with Crippen LogP contribution in [0.2, 0.25) is 0 Å². The van der Waals surface area contributed by atoms with Crippen LogP contribution < -0.4 is 5.32 Å². The van der Waals surface area contributed by atoms with Crippen LogP contribution in [0.25, 0.3) is 10.9 Å². The number of aromatic nitrogens is 3. The Hall–Kier alpha value is -2.20. The van der Waals surface area contributed by atoms with Gasteiger partial charge in [-0.3, -0.25) is 9.67 Å². The van der Waals surface area contributed by atoms with Gasteiger partial charge in [0.2, 0.25) is 0 Å². The van der Waals surface area contributed by atoms with Crippen molar-refractivity contribution >= 4 is 10.9 Å². The molecule has 4 heteroatoms. The minimum absolute atomic E-state index is 0.877. The number of hydrogen-bond acceptors (Lipinski definition) is 3. The second-order valence-electron chi connectivity index (χ2n) is 5.35. The first-order valence-electron chi connectivity index (χ1n) is 7.26. The van der Waals surface area contributed by atoms with Crippen LogP contribution in [-0.2, 0) is 20.0 Å². The first-order valence-corrected chi connectivity index (χ1v) is 7.26. The Morgan fingerprint density at radius 3 is 2.86 bits per heavy atom. The predicted molar refractivity (Wildman–Crippen MR) is 85.1 cm³/mol. The maximum Gasteiger partial charge on any atom is 0.0705 e. The van der Waals surface area contributed by atoms with Crippen LogP contribution in [0.15, 0.2) is 42.6 Å². The van der Waals surface area contributed by atoms with Crippen LogP contribution >= 0.6 is 0 Å². The third kappa shape index (κ3) is 3.28. The highest BCUT2D eigenvalue weighted by Gasteiger charge is 2.00. The highest BCUT2D eigenvalue weighted by atomic mass is 15.3. The molecule has 0 spiro atoms. The summed E-state index contributed by atoms with van der Waals surface area (Å²) in [6, 6.07) is 12.7. The molecule has 0 amide bonds. The number of nitrogens with one attached hydrogen (secondary N) is 1. The number of nitrogens with zero attached hydrogens (tertiary/aromatic N) is 3. The molecular weight excluding hydrogens is 260 g/mol. The molecule has 0 fully saturated rings. The fourth-order valence-corrected chi connectivity index (χ4v) is 2.48. The molecule has 0 aliphatic carbocycles. The van der Waals surface area contributed by atoms with E-state index in [2.05, 4.69) is 51.8 Å². The summed E-state index contributed by atoms with van der Waals surface area (Å²) in [7, 11) is 1.98. The van der Waals surface area contributed by atoms with Crippen LogP contribution in [0.1, 0.15) is 17.0 Å². The van der Waals surface area contributed by atoms with Gasteiger partial charge >= 0.3 is 0 Å². The van der Waals surface area contributed by atoms with Crippen molar-refractivity contribution in [1.29, 1.82) is 0 Å². The molecule has 2 aromatic heterocycles. The third-order valence-corrected chi connectivity index (χ3v) is 3.70. The number of fused-ring (bicyclic) bond motifs is 1. The molecule has 0 saturated heterocycles. The lowest BCUT2D eigenvalue weighted by Crippen LogP contribution is -2.17. The van der Waals surface area contributed by atoms with Crippen LogP contribution in [-0.4, -0.2) is 21.3 Å². The molecule has 1 N–H and O–H groups in total. The van der Waals surface area contributed by atoms with Crippen molar-refractivity contribution in [3.63, 3.8) is 0 Å². The van der Waals surface area contributed by atoms with E-state index in [4.69, 9.17) is 0 Å². The normalized spacial score (nSPS) is 11.1. The van der Waals surface area contributed by atoms with E-state index in [1.165, 1.54) is 16.6 Å². The van der Waals surface area contributed by atoms with Crippen LogP contribution in [0.5, 0.6) is 0 Å². The Morgan fingerprint density at radius 1 is 1.14 bits per heavy atom. The van der Waals surface area contributed by atoms with Crippen LogP contribution in [0.3, 0.4) is 0 Å². The first kappa shape index (κ1) is 13.8. The average molecular weight is 280 g/mol. The summed E-state index contributed by atoms with van der Waals surface area (Å²) in [6.45, 7) is 3.85. The monoisotopic (exact) mass is 280 g/mol. The Kier molecular flexibility index (Phi) is 3.97. The highest BCUT2D eigenvalue weighted by Crippen LogP contribution is 2.14. The zero-order chi connectivity index (χ0) is 14.7. The van der Waals surface area contributed by atoms with Crippen molar-refractivity contribution in [1.82, 2.24) is 20.1 Å². The van der Waals surface area contributed by atoms with Gasteiger partial charge in [0.15, 0.2) is 0 Å². The zero-order valence-electron chi connectivity index (χ0n) is 12.5. The van der Waals surface area contributed by atoms with E-state index in [1.54, 1.807) is 0 Å². The number of aryl methyl sites for hydroxylation is 2. The lowest BCUT2D eigenvalue weighted by Gasteiger charge is -2.07. The molecule has 3 aromatic rings. The number of rotatable bonds is 5. The van der Waals surface area contributed by atoms with E-state index in [0.29, 0.717) is 0 Å². The average Bonchev–Trinajstić information content (AvgIpc) is 2.89. The van der Waals surface area contributed by atoms with Gasteiger partial charge in [-0.15, -0.1) is 0 Å². The summed E-state index contributed by atoms with van der Waals surface area (Å²) >= 11 is 0. The standard InChI is InChI=1S/C17H20N4/c1-13-3-5-15-11-14(4-6-17(15)20-13)12-18-9-7-16-8-10-19-21(16)2/h3-6,8,10-11,18H,7,9,12H2,1-2H3. The van der Waals surface area contributed by atoms with Gasteiger partial charge in [-0.1, -0.05) is 12.1 Å². The zero-order valence-corrected chi connectivity index (χ0v) is 12.5. The SMILES string of the molecule is Cc1ccc2cc(CNCCc3ccnn3C)ccc2n1. The van der Waals surface area contributed by atoms with Crippen molar-refractivity contribution in [3.8, 4) is 0 Å². The van der Waals surface area contributed by atoms with Gasteiger partial charge in [-0.25, -0.2) is 0 Å². The van der Waals surface area contributed by atoms with Gasteiger partial charge in [-0.05, 0) is 36.8 Å². The topological polar surface area (TPSA) is 42.7 Å². The van der Waals surface area contributed by atoms with Crippen molar-refractivity contribution in [2.75, 3.05) is 6.54 Å². The molecule has 1 aromatic carbocycles. The summed E-state index contributed by atoms with van der Waals surface area (Å²) in [5, 5.41) is 8.86. The molecule has 0 radical (unpaired) electrons. The van der Waals surface area contributed by atoms with Crippen molar-refractivity contribution < 1.29 is 0 Å². The largest absolute Gasteiger partial charge is 0.312 e. The molecule has 2 heterocycles.